The molecule has 1 aromatic rings. The molecule has 0 aromatic heterocycles. The summed E-state index contributed by atoms with van der Waals surface area (Å²) in [6.07, 6.45) is 1.81. The number of ether oxygens (including phenoxy) is 4. The van der Waals surface area contributed by atoms with E-state index in [0.717, 1.165) is 44.0 Å². The number of hydrogen-bond donors (Lipinski definition) is 0. The van der Waals surface area contributed by atoms with Crippen LogP contribution in [0.3, 0.4) is 0 Å². The van der Waals surface area contributed by atoms with E-state index < -0.39 is 0 Å². The SMILES string of the molecule is CCOC(CC[Si]c1ccc([Si]CCC(OCC)OCC)cc1)OCC. The molecule has 0 saturated heterocycles. The zero-order valence-electron chi connectivity index (χ0n) is 16.8. The topological polar surface area (TPSA) is 36.9 Å². The molecule has 0 saturated carbocycles. The fourth-order valence-corrected chi connectivity index (χ4v) is 4.69. The van der Waals surface area contributed by atoms with E-state index in [-0.39, 0.29) is 12.6 Å². The lowest BCUT2D eigenvalue weighted by Gasteiger charge is -2.16. The standard InChI is InChI=1S/C20H34O4Si2/c1-5-21-19(22-6-2)13-15-25-17-9-11-18(12-10-17)26-16-14-20(23-7-3)24-8-4/h9-12,19-20H,5-8,13-16H2,1-4H3. The van der Waals surface area contributed by atoms with Crippen molar-refractivity contribution in [3.63, 3.8) is 0 Å². The largest absolute Gasteiger partial charge is 0.353 e. The maximum absolute atomic E-state index is 5.60. The molecule has 0 N–H and O–H groups in total. The van der Waals surface area contributed by atoms with Gasteiger partial charge in [-0.3, -0.25) is 0 Å². The van der Waals surface area contributed by atoms with Gasteiger partial charge >= 0.3 is 0 Å². The van der Waals surface area contributed by atoms with Crippen LogP contribution in [0.1, 0.15) is 40.5 Å². The zero-order valence-corrected chi connectivity index (χ0v) is 18.8. The van der Waals surface area contributed by atoms with E-state index in [1.807, 2.05) is 27.7 Å². The first-order valence-electron chi connectivity index (χ1n) is 9.77. The predicted molar refractivity (Wildman–Crippen MR) is 110 cm³/mol. The van der Waals surface area contributed by atoms with Gasteiger partial charge < -0.3 is 18.9 Å². The fraction of sp³-hybridized carbons (Fsp3) is 0.700. The lowest BCUT2D eigenvalue weighted by Crippen LogP contribution is -2.24. The van der Waals surface area contributed by atoms with E-state index >= 15 is 0 Å². The second-order valence-electron chi connectivity index (χ2n) is 5.69. The molecule has 26 heavy (non-hydrogen) atoms. The maximum atomic E-state index is 5.60. The van der Waals surface area contributed by atoms with Gasteiger partial charge in [0.1, 0.15) is 0 Å². The van der Waals surface area contributed by atoms with Gasteiger partial charge in [0.25, 0.3) is 0 Å². The van der Waals surface area contributed by atoms with Gasteiger partial charge in [-0.25, -0.2) is 0 Å². The van der Waals surface area contributed by atoms with Crippen molar-refractivity contribution in [1.29, 1.82) is 0 Å². The Balaban J connectivity index is 2.29. The molecule has 146 valence electrons. The van der Waals surface area contributed by atoms with Crippen molar-refractivity contribution in [1.82, 2.24) is 0 Å². The van der Waals surface area contributed by atoms with Crippen LogP contribution >= 0.6 is 0 Å². The Morgan fingerprint density at radius 1 is 0.615 bits per heavy atom. The summed E-state index contributed by atoms with van der Waals surface area (Å²) in [5.74, 6) is 0. The number of rotatable bonds is 16. The van der Waals surface area contributed by atoms with Crippen LogP contribution in [0.4, 0.5) is 0 Å². The molecule has 0 spiro atoms. The van der Waals surface area contributed by atoms with E-state index in [9.17, 15) is 0 Å². The Hall–Kier alpha value is -0.506. The molecule has 0 unspecified atom stereocenters. The summed E-state index contributed by atoms with van der Waals surface area (Å²) >= 11 is 0. The second-order valence-corrected chi connectivity index (χ2v) is 8.55. The molecule has 1 aromatic carbocycles. The average Bonchev–Trinajstić information content (AvgIpc) is 2.64. The molecule has 4 nitrogen and oxygen atoms in total. The number of benzene rings is 1. The Bertz CT molecular complexity index is 389. The van der Waals surface area contributed by atoms with Gasteiger partial charge in [0.05, 0.1) is 19.0 Å². The van der Waals surface area contributed by atoms with Gasteiger partial charge in [-0.2, -0.15) is 0 Å². The van der Waals surface area contributed by atoms with Crippen LogP contribution in [-0.2, 0) is 18.9 Å². The molecule has 0 aliphatic carbocycles. The molecular weight excluding hydrogens is 360 g/mol. The molecule has 0 fully saturated rings. The second kappa shape index (κ2) is 15.5. The first-order chi connectivity index (χ1) is 12.7. The van der Waals surface area contributed by atoms with Crippen LogP contribution in [-0.4, -0.2) is 58.0 Å². The Kier molecular flexibility index (Phi) is 14.1. The minimum absolute atomic E-state index is 0.0538. The van der Waals surface area contributed by atoms with Crippen LogP contribution in [0.25, 0.3) is 0 Å². The average molecular weight is 395 g/mol. The van der Waals surface area contributed by atoms with Gasteiger partial charge in [-0.15, -0.1) is 0 Å². The zero-order chi connectivity index (χ0) is 19.0. The summed E-state index contributed by atoms with van der Waals surface area (Å²) < 4.78 is 22.4. The van der Waals surface area contributed by atoms with Gasteiger partial charge in [0, 0.05) is 26.4 Å². The minimum Gasteiger partial charge on any atom is -0.353 e. The Morgan fingerprint density at radius 2 is 0.923 bits per heavy atom. The van der Waals surface area contributed by atoms with Gasteiger partial charge in [0.15, 0.2) is 12.6 Å². The Labute approximate surface area is 164 Å². The molecule has 0 atom stereocenters. The van der Waals surface area contributed by atoms with Crippen LogP contribution < -0.4 is 10.4 Å². The molecule has 6 heteroatoms. The minimum atomic E-state index is -0.0538. The fourth-order valence-electron chi connectivity index (χ4n) is 2.55. The monoisotopic (exact) mass is 394 g/mol. The molecule has 0 heterocycles. The van der Waals surface area contributed by atoms with Crippen LogP contribution in [0.15, 0.2) is 24.3 Å². The first kappa shape index (κ1) is 23.5. The van der Waals surface area contributed by atoms with Crippen molar-refractivity contribution < 1.29 is 18.9 Å². The highest BCUT2D eigenvalue weighted by Gasteiger charge is 2.09. The van der Waals surface area contributed by atoms with E-state index in [1.165, 1.54) is 10.4 Å². The van der Waals surface area contributed by atoms with Crippen molar-refractivity contribution in [3.8, 4) is 0 Å². The maximum Gasteiger partial charge on any atom is 0.157 e. The predicted octanol–water partition coefficient (Wildman–Crippen LogP) is 2.76. The first-order valence-corrected chi connectivity index (χ1v) is 12.2. The summed E-state index contributed by atoms with van der Waals surface area (Å²) in [5, 5.41) is 2.82. The van der Waals surface area contributed by atoms with Crippen molar-refractivity contribution in [3.05, 3.63) is 24.3 Å². The molecule has 4 radical (unpaired) electrons. The van der Waals surface area contributed by atoms with E-state index in [1.54, 1.807) is 0 Å². The summed E-state index contributed by atoms with van der Waals surface area (Å²) in [5.41, 5.74) is 0. The molecule has 1 rings (SSSR count). The molecule has 0 bridgehead atoms. The van der Waals surface area contributed by atoms with Gasteiger partial charge in [0.2, 0.25) is 0 Å². The van der Waals surface area contributed by atoms with E-state index in [4.69, 9.17) is 18.9 Å². The van der Waals surface area contributed by atoms with Crippen molar-refractivity contribution in [2.75, 3.05) is 26.4 Å². The van der Waals surface area contributed by atoms with Crippen molar-refractivity contribution >= 4 is 29.4 Å². The summed E-state index contributed by atoms with van der Waals surface area (Å²) in [6, 6.07) is 11.3. The highest BCUT2D eigenvalue weighted by Crippen LogP contribution is 2.06. The van der Waals surface area contributed by atoms with Crippen LogP contribution in [0.2, 0.25) is 12.1 Å². The van der Waals surface area contributed by atoms with Crippen LogP contribution in [0, 0.1) is 0 Å². The number of hydrogen-bond acceptors (Lipinski definition) is 4. The lowest BCUT2D eigenvalue weighted by atomic mass is 10.4. The molecule has 0 aliphatic rings. The Morgan fingerprint density at radius 3 is 1.19 bits per heavy atom. The molecule has 0 amide bonds. The van der Waals surface area contributed by atoms with Crippen molar-refractivity contribution in [2.24, 2.45) is 0 Å². The van der Waals surface area contributed by atoms with Crippen LogP contribution in [0.5, 0.6) is 0 Å². The molecular formula is C20H34O4Si2. The highest BCUT2D eigenvalue weighted by atomic mass is 28.2. The smallest absolute Gasteiger partial charge is 0.157 e. The van der Waals surface area contributed by atoms with Gasteiger partial charge in [-0.1, -0.05) is 46.7 Å². The van der Waals surface area contributed by atoms with E-state index in [2.05, 4.69) is 24.3 Å². The summed E-state index contributed by atoms with van der Waals surface area (Å²) in [4.78, 5) is 0. The van der Waals surface area contributed by atoms with E-state index in [0.29, 0.717) is 26.4 Å². The quantitative estimate of drug-likeness (QED) is 0.319. The lowest BCUT2D eigenvalue weighted by molar-refractivity contribution is -0.137. The third-order valence-corrected chi connectivity index (χ3v) is 6.27. The normalized spacial score (nSPS) is 11.6. The summed E-state index contributed by atoms with van der Waals surface area (Å²) in [6.45, 7) is 10.9. The van der Waals surface area contributed by atoms with Gasteiger partial charge in [-0.05, 0) is 40.5 Å². The summed E-state index contributed by atoms with van der Waals surface area (Å²) in [7, 11) is 1.61. The third kappa shape index (κ3) is 10.6. The highest BCUT2D eigenvalue weighted by molar-refractivity contribution is 6.55. The molecule has 0 aliphatic heterocycles. The third-order valence-electron chi connectivity index (χ3n) is 3.71. The van der Waals surface area contributed by atoms with Crippen molar-refractivity contribution in [2.45, 2.75) is 65.2 Å².